The fraction of sp³-hybridized carbons (Fsp3) is 0.667. The number of rotatable bonds is 2. The Hall–Kier alpha value is -1.43. The second-order valence-electron chi connectivity index (χ2n) is 4.76. The maximum atomic E-state index is 11.2. The van der Waals surface area contributed by atoms with E-state index >= 15 is 0 Å². The zero-order valence-corrected chi connectivity index (χ0v) is 11.7. The van der Waals surface area contributed by atoms with Gasteiger partial charge in [-0.15, -0.1) is 0 Å². The van der Waals surface area contributed by atoms with E-state index in [2.05, 4.69) is 9.97 Å². The van der Waals surface area contributed by atoms with Crippen LogP contribution >= 0.6 is 11.6 Å². The fourth-order valence-corrected chi connectivity index (χ4v) is 2.62. The molecule has 1 fully saturated rings. The highest BCUT2D eigenvalue weighted by atomic mass is 35.5. The molecule has 1 aromatic heterocycles. The van der Waals surface area contributed by atoms with Gasteiger partial charge in [0.05, 0.1) is 4.92 Å². The summed E-state index contributed by atoms with van der Waals surface area (Å²) in [6.07, 6.45) is 5.60. The van der Waals surface area contributed by atoms with Gasteiger partial charge < -0.3 is 4.90 Å². The summed E-state index contributed by atoms with van der Waals surface area (Å²) in [7, 11) is 0. The molecule has 7 heteroatoms. The van der Waals surface area contributed by atoms with Crippen LogP contribution < -0.4 is 4.90 Å². The van der Waals surface area contributed by atoms with Crippen molar-refractivity contribution in [3.05, 3.63) is 21.1 Å². The predicted octanol–water partition coefficient (Wildman–Crippen LogP) is 3.12. The van der Waals surface area contributed by atoms with Crippen LogP contribution in [0.15, 0.2) is 0 Å². The molecular formula is C12H17ClN4O2. The van der Waals surface area contributed by atoms with Gasteiger partial charge in [-0.1, -0.05) is 19.3 Å². The van der Waals surface area contributed by atoms with Gasteiger partial charge in [0.15, 0.2) is 0 Å². The number of anilines is 1. The Morgan fingerprint density at radius 1 is 1.16 bits per heavy atom. The van der Waals surface area contributed by atoms with Crippen LogP contribution in [0.1, 0.15) is 37.8 Å². The number of hydrogen-bond donors (Lipinski definition) is 0. The van der Waals surface area contributed by atoms with E-state index in [9.17, 15) is 10.1 Å². The van der Waals surface area contributed by atoms with Crippen molar-refractivity contribution in [3.8, 4) is 0 Å². The molecule has 0 aliphatic carbocycles. The standard InChI is InChI=1S/C12H17ClN4O2/c1-9-10(17(18)19)11(15-12(13)14-9)16-7-5-3-2-4-6-8-16/h2-8H2,1H3. The fourth-order valence-electron chi connectivity index (χ4n) is 2.41. The average Bonchev–Trinajstić information content (AvgIpc) is 2.26. The van der Waals surface area contributed by atoms with Gasteiger partial charge in [-0.25, -0.2) is 4.98 Å². The van der Waals surface area contributed by atoms with Gasteiger partial charge in [-0.2, -0.15) is 4.98 Å². The molecule has 0 atom stereocenters. The number of nitro groups is 1. The number of nitrogens with zero attached hydrogens (tertiary/aromatic N) is 4. The van der Waals surface area contributed by atoms with Crippen molar-refractivity contribution in [2.75, 3.05) is 18.0 Å². The first-order valence-corrected chi connectivity index (χ1v) is 6.91. The van der Waals surface area contributed by atoms with Gasteiger partial charge >= 0.3 is 5.69 Å². The average molecular weight is 285 g/mol. The van der Waals surface area contributed by atoms with Crippen LogP contribution in [0.4, 0.5) is 11.5 Å². The Balaban J connectivity index is 2.38. The third-order valence-electron chi connectivity index (χ3n) is 3.35. The molecule has 0 N–H and O–H groups in total. The molecule has 6 nitrogen and oxygen atoms in total. The third kappa shape index (κ3) is 3.32. The highest BCUT2D eigenvalue weighted by Crippen LogP contribution is 2.30. The van der Waals surface area contributed by atoms with E-state index in [1.165, 1.54) is 6.42 Å². The number of hydrogen-bond acceptors (Lipinski definition) is 5. The molecule has 0 radical (unpaired) electrons. The van der Waals surface area contributed by atoms with E-state index in [1.54, 1.807) is 6.92 Å². The molecule has 0 spiro atoms. The van der Waals surface area contributed by atoms with Gasteiger partial charge in [0.25, 0.3) is 0 Å². The summed E-state index contributed by atoms with van der Waals surface area (Å²) < 4.78 is 0. The van der Waals surface area contributed by atoms with Crippen molar-refractivity contribution in [2.24, 2.45) is 0 Å². The summed E-state index contributed by atoms with van der Waals surface area (Å²) in [4.78, 5) is 20.7. The second-order valence-corrected chi connectivity index (χ2v) is 5.10. The van der Waals surface area contributed by atoms with E-state index in [0.29, 0.717) is 11.5 Å². The van der Waals surface area contributed by atoms with E-state index in [0.717, 1.165) is 38.8 Å². The molecule has 1 aromatic rings. The van der Waals surface area contributed by atoms with Crippen LogP contribution in [0.5, 0.6) is 0 Å². The summed E-state index contributed by atoms with van der Waals surface area (Å²) in [6.45, 7) is 3.17. The smallest absolute Gasteiger partial charge is 0.332 e. The largest absolute Gasteiger partial charge is 0.351 e. The summed E-state index contributed by atoms with van der Waals surface area (Å²) in [6, 6.07) is 0. The molecule has 0 saturated carbocycles. The van der Waals surface area contributed by atoms with Crippen molar-refractivity contribution >= 4 is 23.1 Å². The number of aromatic nitrogens is 2. The van der Waals surface area contributed by atoms with Crippen molar-refractivity contribution in [2.45, 2.75) is 39.0 Å². The third-order valence-corrected chi connectivity index (χ3v) is 3.52. The Labute approximate surface area is 117 Å². The van der Waals surface area contributed by atoms with E-state index in [1.807, 2.05) is 4.90 Å². The van der Waals surface area contributed by atoms with Gasteiger partial charge in [-0.3, -0.25) is 10.1 Å². The molecule has 1 saturated heterocycles. The summed E-state index contributed by atoms with van der Waals surface area (Å²) in [5.74, 6) is 0.365. The van der Waals surface area contributed by atoms with Gasteiger partial charge in [-0.05, 0) is 31.4 Å². The summed E-state index contributed by atoms with van der Waals surface area (Å²) >= 11 is 5.85. The van der Waals surface area contributed by atoms with E-state index < -0.39 is 4.92 Å². The zero-order valence-electron chi connectivity index (χ0n) is 10.9. The Kier molecular flexibility index (Phi) is 4.52. The second kappa shape index (κ2) is 6.14. The first-order chi connectivity index (χ1) is 9.09. The lowest BCUT2D eigenvalue weighted by molar-refractivity contribution is -0.385. The van der Waals surface area contributed by atoms with Crippen molar-refractivity contribution < 1.29 is 4.92 Å². The van der Waals surface area contributed by atoms with Crippen molar-refractivity contribution in [1.82, 2.24) is 9.97 Å². The minimum Gasteiger partial charge on any atom is -0.351 e. The Morgan fingerprint density at radius 2 is 1.74 bits per heavy atom. The van der Waals surface area contributed by atoms with E-state index in [-0.39, 0.29) is 11.0 Å². The number of halogens is 1. The van der Waals surface area contributed by atoms with Gasteiger partial charge in [0.2, 0.25) is 11.1 Å². The molecule has 0 amide bonds. The molecule has 2 rings (SSSR count). The Morgan fingerprint density at radius 3 is 2.32 bits per heavy atom. The van der Waals surface area contributed by atoms with Crippen LogP contribution in [0, 0.1) is 17.0 Å². The maximum absolute atomic E-state index is 11.2. The van der Waals surface area contributed by atoms with Crippen LogP contribution in [-0.4, -0.2) is 28.0 Å². The van der Waals surface area contributed by atoms with Crippen molar-refractivity contribution in [3.63, 3.8) is 0 Å². The molecule has 1 aliphatic rings. The minimum absolute atomic E-state index is 0.0232. The van der Waals surface area contributed by atoms with Crippen LogP contribution in [0.3, 0.4) is 0 Å². The highest BCUT2D eigenvalue weighted by molar-refractivity contribution is 6.28. The highest BCUT2D eigenvalue weighted by Gasteiger charge is 2.26. The predicted molar refractivity (Wildman–Crippen MR) is 73.7 cm³/mol. The zero-order chi connectivity index (χ0) is 13.8. The van der Waals surface area contributed by atoms with Crippen LogP contribution in [0.2, 0.25) is 5.28 Å². The quantitative estimate of drug-likeness (QED) is 0.474. The molecule has 2 heterocycles. The normalized spacial score (nSPS) is 16.8. The van der Waals surface area contributed by atoms with Gasteiger partial charge in [0, 0.05) is 13.1 Å². The van der Waals surface area contributed by atoms with E-state index in [4.69, 9.17) is 11.6 Å². The Bertz CT molecular complexity index is 473. The van der Waals surface area contributed by atoms with Crippen LogP contribution in [0.25, 0.3) is 0 Å². The monoisotopic (exact) mass is 284 g/mol. The number of aryl methyl sites for hydroxylation is 1. The molecule has 1 aliphatic heterocycles. The summed E-state index contributed by atoms with van der Waals surface area (Å²) in [5.41, 5.74) is 0.298. The lowest BCUT2D eigenvalue weighted by atomic mass is 10.1. The summed E-state index contributed by atoms with van der Waals surface area (Å²) in [5, 5.41) is 11.3. The molecular weight excluding hydrogens is 268 g/mol. The lowest BCUT2D eigenvalue weighted by Gasteiger charge is -2.25. The molecule has 0 aromatic carbocycles. The van der Waals surface area contributed by atoms with Crippen molar-refractivity contribution in [1.29, 1.82) is 0 Å². The molecule has 19 heavy (non-hydrogen) atoms. The SMILES string of the molecule is Cc1nc(Cl)nc(N2CCCCCCC2)c1[N+](=O)[O-]. The molecule has 0 bridgehead atoms. The first kappa shape index (κ1) is 14.0. The molecule has 0 unspecified atom stereocenters. The van der Waals surface area contributed by atoms with Gasteiger partial charge in [0.1, 0.15) is 5.69 Å². The minimum atomic E-state index is -0.417. The topological polar surface area (TPSA) is 72.2 Å². The molecule has 104 valence electrons. The van der Waals surface area contributed by atoms with Crippen LogP contribution in [-0.2, 0) is 0 Å². The lowest BCUT2D eigenvalue weighted by Crippen LogP contribution is -2.29. The first-order valence-electron chi connectivity index (χ1n) is 6.53. The maximum Gasteiger partial charge on any atom is 0.332 e.